The Kier molecular flexibility index (Phi) is 7.63. The largest absolute Gasteiger partial charge is 0.504 e. The number of benzene rings is 2. The van der Waals surface area contributed by atoms with E-state index in [-0.39, 0.29) is 11.8 Å². The molecule has 6 nitrogen and oxygen atoms in total. The van der Waals surface area contributed by atoms with E-state index in [0.717, 1.165) is 32.5 Å². The first-order chi connectivity index (χ1) is 14.6. The fraction of sp³-hybridized carbons (Fsp3) is 0.333. The predicted molar refractivity (Wildman–Crippen MR) is 118 cm³/mol. The van der Waals surface area contributed by atoms with Gasteiger partial charge in [0.2, 0.25) is 0 Å². The highest BCUT2D eigenvalue weighted by molar-refractivity contribution is 6.00. The Bertz CT molecular complexity index is 857. The van der Waals surface area contributed by atoms with Crippen molar-refractivity contribution in [3.05, 3.63) is 78.1 Å². The van der Waals surface area contributed by atoms with Gasteiger partial charge in [-0.2, -0.15) is 0 Å². The van der Waals surface area contributed by atoms with E-state index in [1.54, 1.807) is 24.3 Å². The van der Waals surface area contributed by atoms with Crippen molar-refractivity contribution in [1.82, 2.24) is 9.80 Å². The first-order valence-electron chi connectivity index (χ1n) is 10.2. The van der Waals surface area contributed by atoms with E-state index in [1.165, 1.54) is 25.0 Å². The number of carbonyl (C=O) groups excluding carboxylic acids is 2. The topological polar surface area (TPSA) is 61.9 Å². The van der Waals surface area contributed by atoms with Crippen LogP contribution in [0.1, 0.15) is 28.8 Å². The predicted octanol–water partition coefficient (Wildman–Crippen LogP) is 3.52. The molecule has 2 aromatic carbocycles. The Labute approximate surface area is 178 Å². The Morgan fingerprint density at radius 3 is 2.40 bits per heavy atom. The average Bonchev–Trinajstić information content (AvgIpc) is 2.78. The molecule has 2 amide bonds. The highest BCUT2D eigenvalue weighted by atomic mass is 16.5. The number of hydrogen-bond donors (Lipinski definition) is 1. The van der Waals surface area contributed by atoms with Crippen LogP contribution in [-0.2, 0) is 16.1 Å². The summed E-state index contributed by atoms with van der Waals surface area (Å²) in [6.07, 6.45) is 4.55. The molecule has 0 radical (unpaired) electrons. The summed E-state index contributed by atoms with van der Waals surface area (Å²) in [6, 6.07) is 17.9. The van der Waals surface area contributed by atoms with E-state index in [9.17, 15) is 9.59 Å². The van der Waals surface area contributed by atoms with E-state index in [1.807, 2.05) is 11.0 Å². The first-order valence-corrected chi connectivity index (χ1v) is 10.2. The average molecular weight is 408 g/mol. The van der Waals surface area contributed by atoms with Crippen molar-refractivity contribution in [3.63, 3.8) is 0 Å². The summed E-state index contributed by atoms with van der Waals surface area (Å²) < 4.78 is 4.73. The Morgan fingerprint density at radius 2 is 1.77 bits per heavy atom. The lowest BCUT2D eigenvalue weighted by atomic mass is 10.0. The molecule has 0 aromatic heterocycles. The van der Waals surface area contributed by atoms with Crippen molar-refractivity contribution in [2.75, 3.05) is 32.6 Å². The molecular formula is C24H29N3O3. The molecular weight excluding hydrogens is 378 g/mol. The van der Waals surface area contributed by atoms with Crippen LogP contribution in [0.3, 0.4) is 0 Å². The van der Waals surface area contributed by atoms with Crippen LogP contribution in [0.4, 0.5) is 5.69 Å². The van der Waals surface area contributed by atoms with Crippen LogP contribution >= 0.6 is 0 Å². The second-order valence-electron chi connectivity index (χ2n) is 7.53. The van der Waals surface area contributed by atoms with Gasteiger partial charge in [0.05, 0.1) is 13.4 Å². The van der Waals surface area contributed by atoms with Crippen molar-refractivity contribution < 1.29 is 14.3 Å². The van der Waals surface area contributed by atoms with Crippen molar-refractivity contribution >= 4 is 17.5 Å². The number of methoxy groups -OCH3 is 1. The second kappa shape index (κ2) is 10.6. The van der Waals surface area contributed by atoms with Gasteiger partial charge in [0.15, 0.2) is 0 Å². The molecule has 6 heteroatoms. The number of nitrogens with one attached hydrogen (secondary N) is 1. The number of rotatable bonds is 7. The van der Waals surface area contributed by atoms with Crippen molar-refractivity contribution in [2.45, 2.75) is 25.4 Å². The maximum Gasteiger partial charge on any atom is 0.253 e. The number of piperidine rings is 1. The molecule has 1 N–H and O–H groups in total. The minimum absolute atomic E-state index is 0.0383. The zero-order chi connectivity index (χ0) is 21.3. The quantitative estimate of drug-likeness (QED) is 0.564. The Hall–Kier alpha value is -3.12. The van der Waals surface area contributed by atoms with Gasteiger partial charge in [0, 0.05) is 43.0 Å². The van der Waals surface area contributed by atoms with E-state index >= 15 is 0 Å². The van der Waals surface area contributed by atoms with E-state index in [0.29, 0.717) is 17.3 Å². The molecule has 0 unspecified atom stereocenters. The van der Waals surface area contributed by atoms with Gasteiger partial charge in [-0.3, -0.25) is 14.5 Å². The van der Waals surface area contributed by atoms with Crippen LogP contribution in [0.15, 0.2) is 66.9 Å². The molecule has 0 atom stereocenters. The number of amides is 2. The lowest BCUT2D eigenvalue weighted by Gasteiger charge is -2.37. The van der Waals surface area contributed by atoms with Crippen molar-refractivity contribution in [2.24, 2.45) is 0 Å². The van der Waals surface area contributed by atoms with Gasteiger partial charge in [-0.1, -0.05) is 30.3 Å². The number of carbonyl (C=O) groups is 2. The Balaban J connectivity index is 1.50. The molecule has 1 aliphatic rings. The van der Waals surface area contributed by atoms with Gasteiger partial charge in [0.25, 0.3) is 11.8 Å². The lowest BCUT2D eigenvalue weighted by molar-refractivity contribution is -0.112. The van der Waals surface area contributed by atoms with E-state index in [2.05, 4.69) is 41.5 Å². The maximum atomic E-state index is 12.8. The van der Waals surface area contributed by atoms with Gasteiger partial charge >= 0.3 is 0 Å². The number of likely N-dealkylation sites (tertiary alicyclic amines) is 1. The summed E-state index contributed by atoms with van der Waals surface area (Å²) in [7, 11) is 3.64. The number of ether oxygens (including phenoxy) is 1. The van der Waals surface area contributed by atoms with Gasteiger partial charge in [-0.25, -0.2) is 0 Å². The van der Waals surface area contributed by atoms with Gasteiger partial charge in [0.1, 0.15) is 0 Å². The normalized spacial score (nSPS) is 14.8. The van der Waals surface area contributed by atoms with Crippen LogP contribution in [0.25, 0.3) is 0 Å². The molecule has 0 spiro atoms. The molecule has 30 heavy (non-hydrogen) atoms. The summed E-state index contributed by atoms with van der Waals surface area (Å²) in [5.41, 5.74) is 2.58. The van der Waals surface area contributed by atoms with Crippen molar-refractivity contribution in [1.29, 1.82) is 0 Å². The molecule has 0 saturated carbocycles. The number of hydrogen-bond acceptors (Lipinski definition) is 4. The third kappa shape index (κ3) is 5.94. The molecule has 1 aliphatic heterocycles. The smallest absolute Gasteiger partial charge is 0.253 e. The van der Waals surface area contributed by atoms with Crippen molar-refractivity contribution in [3.8, 4) is 0 Å². The zero-order valence-electron chi connectivity index (χ0n) is 17.6. The van der Waals surface area contributed by atoms with E-state index in [4.69, 9.17) is 4.74 Å². The molecule has 1 heterocycles. The fourth-order valence-electron chi connectivity index (χ4n) is 3.70. The molecule has 1 saturated heterocycles. The van der Waals surface area contributed by atoms with Gasteiger partial charge in [-0.15, -0.1) is 0 Å². The number of nitrogens with zero attached hydrogens (tertiary/aromatic N) is 2. The maximum absolute atomic E-state index is 12.8. The standard InChI is InChI=1S/C24H29N3O3/c1-26(18-19-6-4-3-5-7-19)22-12-15-27(16-13-22)24(29)20-8-10-21(11-9-20)25-23(28)14-17-30-2/h3-11,14,17,22H,12-13,15-16,18H2,1-2H3,(H,25,28)/b17-14+. The van der Waals surface area contributed by atoms with Crippen LogP contribution in [0, 0.1) is 0 Å². The van der Waals surface area contributed by atoms with Gasteiger partial charge < -0.3 is 15.0 Å². The van der Waals surface area contributed by atoms with Crippen LogP contribution in [-0.4, -0.2) is 54.9 Å². The molecule has 3 rings (SSSR count). The SMILES string of the molecule is CO/C=C/C(=O)Nc1ccc(C(=O)N2CCC(N(C)Cc3ccccc3)CC2)cc1. The Morgan fingerprint density at radius 1 is 1.10 bits per heavy atom. The van der Waals surface area contributed by atoms with Crippen LogP contribution in [0.5, 0.6) is 0 Å². The molecule has 2 aromatic rings. The highest BCUT2D eigenvalue weighted by Crippen LogP contribution is 2.20. The summed E-state index contributed by atoms with van der Waals surface area (Å²) >= 11 is 0. The third-order valence-corrected chi connectivity index (χ3v) is 5.40. The molecule has 0 aliphatic carbocycles. The molecule has 0 bridgehead atoms. The second-order valence-corrected chi connectivity index (χ2v) is 7.53. The monoisotopic (exact) mass is 407 g/mol. The molecule has 1 fully saturated rings. The summed E-state index contributed by atoms with van der Waals surface area (Å²) in [6.45, 7) is 2.43. The minimum atomic E-state index is -0.280. The minimum Gasteiger partial charge on any atom is -0.504 e. The lowest BCUT2D eigenvalue weighted by Crippen LogP contribution is -2.45. The third-order valence-electron chi connectivity index (χ3n) is 5.40. The van der Waals surface area contributed by atoms with E-state index < -0.39 is 0 Å². The summed E-state index contributed by atoms with van der Waals surface area (Å²) in [5.74, 6) is -0.242. The zero-order valence-corrected chi connectivity index (χ0v) is 17.6. The fourth-order valence-corrected chi connectivity index (χ4v) is 3.70. The van der Waals surface area contributed by atoms with Gasteiger partial charge in [-0.05, 0) is 49.7 Å². The number of anilines is 1. The van der Waals surface area contributed by atoms with Crippen LogP contribution < -0.4 is 5.32 Å². The first kappa shape index (κ1) is 21.6. The highest BCUT2D eigenvalue weighted by Gasteiger charge is 2.25. The summed E-state index contributed by atoms with van der Waals surface area (Å²) in [5, 5.41) is 2.72. The molecule has 158 valence electrons. The summed E-state index contributed by atoms with van der Waals surface area (Å²) in [4.78, 5) is 28.8. The van der Waals surface area contributed by atoms with Crippen LogP contribution in [0.2, 0.25) is 0 Å².